The van der Waals surface area contributed by atoms with Gasteiger partial charge in [-0.15, -0.1) is 0 Å². The van der Waals surface area contributed by atoms with Crippen LogP contribution in [0.5, 0.6) is 0 Å². The van der Waals surface area contributed by atoms with Gasteiger partial charge in [-0.2, -0.15) is 0 Å². The lowest BCUT2D eigenvalue weighted by Crippen LogP contribution is -2.21. The molecular formula is C29H54. The molecule has 0 aromatic carbocycles. The first-order valence-electron chi connectivity index (χ1n) is 14.1. The van der Waals surface area contributed by atoms with Crippen LogP contribution in [0.4, 0.5) is 0 Å². The normalized spacial score (nSPS) is 35.0. The number of hydrogen-bond acceptors (Lipinski definition) is 0. The molecule has 0 saturated heterocycles. The first kappa shape index (κ1) is 23.7. The molecular weight excluding hydrogens is 348 g/mol. The maximum Gasteiger partial charge on any atom is -0.0176 e. The molecule has 0 heterocycles. The van der Waals surface area contributed by atoms with Crippen molar-refractivity contribution in [2.75, 3.05) is 0 Å². The van der Waals surface area contributed by atoms with Crippen molar-refractivity contribution in [1.29, 1.82) is 0 Å². The molecule has 0 bridgehead atoms. The minimum Gasteiger partial charge on any atom is -0.0654 e. The molecule has 3 saturated carbocycles. The van der Waals surface area contributed by atoms with Gasteiger partial charge in [0, 0.05) is 0 Å². The van der Waals surface area contributed by atoms with E-state index in [-0.39, 0.29) is 0 Å². The summed E-state index contributed by atoms with van der Waals surface area (Å²) in [5, 5.41) is 0. The van der Waals surface area contributed by atoms with Gasteiger partial charge in [0.25, 0.3) is 0 Å². The van der Waals surface area contributed by atoms with Crippen LogP contribution in [0.25, 0.3) is 0 Å². The second kappa shape index (κ2) is 11.0. The highest BCUT2D eigenvalue weighted by molar-refractivity contribution is 5.38. The summed E-state index contributed by atoms with van der Waals surface area (Å²) in [5.41, 5.74) is 1.58. The Kier molecular flexibility index (Phi) is 9.01. The molecule has 0 aliphatic heterocycles. The Hall–Kier alpha value is 0. The molecule has 6 unspecified atom stereocenters. The largest absolute Gasteiger partial charge is 0.0654 e. The van der Waals surface area contributed by atoms with Crippen molar-refractivity contribution in [1.82, 2.24) is 0 Å². The predicted molar refractivity (Wildman–Crippen MR) is 129 cm³/mol. The number of rotatable bonds is 19. The van der Waals surface area contributed by atoms with Gasteiger partial charge in [-0.3, -0.25) is 0 Å². The lowest BCUT2D eigenvalue weighted by atomic mass is 9.76. The number of fused-ring (bicyclic) bond motifs is 4. The fourth-order valence-corrected chi connectivity index (χ4v) is 8.34. The molecule has 0 amide bonds. The standard InChI is InChI=1S/C29H54/c1-5-7-8-9-10-11-12-13-14-15-16-17-18-19-20-21-24(3)29(22-6-2)27-25-23-26(25)28(27,29)4/h24-27H,5-23H2,1-4H3. The van der Waals surface area contributed by atoms with Crippen molar-refractivity contribution in [3.63, 3.8) is 0 Å². The van der Waals surface area contributed by atoms with Crippen molar-refractivity contribution < 1.29 is 0 Å². The molecule has 170 valence electrons. The van der Waals surface area contributed by atoms with Gasteiger partial charge in [0.2, 0.25) is 0 Å². The lowest BCUT2D eigenvalue weighted by Gasteiger charge is -2.29. The molecule has 3 aliphatic rings. The van der Waals surface area contributed by atoms with Gasteiger partial charge in [0.1, 0.15) is 0 Å². The van der Waals surface area contributed by atoms with Gasteiger partial charge in [-0.25, -0.2) is 0 Å². The van der Waals surface area contributed by atoms with E-state index in [2.05, 4.69) is 27.7 Å². The minimum absolute atomic E-state index is 0.783. The van der Waals surface area contributed by atoms with Gasteiger partial charge in [0.15, 0.2) is 0 Å². The van der Waals surface area contributed by atoms with E-state index in [1.54, 1.807) is 6.42 Å². The molecule has 0 heteroatoms. The van der Waals surface area contributed by atoms with E-state index < -0.39 is 0 Å². The zero-order valence-electron chi connectivity index (χ0n) is 20.7. The Bertz CT molecular complexity index is 467. The zero-order valence-corrected chi connectivity index (χ0v) is 20.7. The lowest BCUT2D eigenvalue weighted by molar-refractivity contribution is 0.201. The minimum atomic E-state index is 0.783. The van der Waals surface area contributed by atoms with Gasteiger partial charge in [-0.05, 0) is 47.3 Å². The van der Waals surface area contributed by atoms with Crippen LogP contribution >= 0.6 is 0 Å². The maximum absolute atomic E-state index is 2.67. The van der Waals surface area contributed by atoms with E-state index in [1.807, 2.05) is 0 Å². The SMILES string of the molecule is CCCCCCCCCCCCCCCCCC(C)C1(CCC)C2C3CC3C21C. The van der Waals surface area contributed by atoms with Crippen LogP contribution in [-0.2, 0) is 0 Å². The number of unbranched alkanes of at least 4 members (excludes halogenated alkanes) is 14. The first-order valence-corrected chi connectivity index (χ1v) is 14.1. The second-order valence-electron chi connectivity index (χ2n) is 11.7. The molecule has 6 atom stereocenters. The summed E-state index contributed by atoms with van der Waals surface area (Å²) in [6, 6.07) is 0. The van der Waals surface area contributed by atoms with Crippen LogP contribution in [0.2, 0.25) is 0 Å². The van der Waals surface area contributed by atoms with Crippen LogP contribution in [0.3, 0.4) is 0 Å². The van der Waals surface area contributed by atoms with Crippen LogP contribution in [-0.4, -0.2) is 0 Å². The van der Waals surface area contributed by atoms with Crippen LogP contribution < -0.4 is 0 Å². The van der Waals surface area contributed by atoms with E-state index in [0.29, 0.717) is 0 Å². The van der Waals surface area contributed by atoms with Crippen LogP contribution in [0, 0.1) is 34.5 Å². The average molecular weight is 403 g/mol. The molecule has 0 radical (unpaired) electrons. The molecule has 0 nitrogen and oxygen atoms in total. The topological polar surface area (TPSA) is 0 Å². The quantitative estimate of drug-likeness (QED) is 0.188. The second-order valence-corrected chi connectivity index (χ2v) is 11.7. The van der Waals surface area contributed by atoms with Crippen molar-refractivity contribution in [3.8, 4) is 0 Å². The molecule has 3 fully saturated rings. The van der Waals surface area contributed by atoms with Gasteiger partial charge >= 0.3 is 0 Å². The Morgan fingerprint density at radius 1 is 0.690 bits per heavy atom. The Morgan fingerprint density at radius 2 is 1.17 bits per heavy atom. The van der Waals surface area contributed by atoms with Crippen molar-refractivity contribution in [2.45, 2.75) is 150 Å². The molecule has 0 aromatic rings. The van der Waals surface area contributed by atoms with Gasteiger partial charge < -0.3 is 0 Å². The predicted octanol–water partition coefficient (Wildman–Crippen LogP) is 9.96. The monoisotopic (exact) mass is 402 g/mol. The summed E-state index contributed by atoms with van der Waals surface area (Å²) in [4.78, 5) is 0. The number of hydrogen-bond donors (Lipinski definition) is 0. The summed E-state index contributed by atoms with van der Waals surface area (Å²) in [7, 11) is 0. The van der Waals surface area contributed by atoms with Crippen molar-refractivity contribution in [2.24, 2.45) is 34.5 Å². The van der Waals surface area contributed by atoms with Crippen molar-refractivity contribution in [3.05, 3.63) is 0 Å². The first-order chi connectivity index (χ1) is 14.1. The molecule has 29 heavy (non-hydrogen) atoms. The Balaban J connectivity index is 1.12. The summed E-state index contributed by atoms with van der Waals surface area (Å²) in [5.74, 6) is 4.47. The Labute approximate surface area is 184 Å². The highest BCUT2D eigenvalue weighted by Gasteiger charge is 2.91. The molecule has 0 spiro atoms. The summed E-state index contributed by atoms with van der Waals surface area (Å²) < 4.78 is 0. The molecule has 0 aromatic heterocycles. The third-order valence-electron chi connectivity index (χ3n) is 9.94. The summed E-state index contributed by atoms with van der Waals surface area (Å²) in [6.45, 7) is 10.0. The summed E-state index contributed by atoms with van der Waals surface area (Å²) >= 11 is 0. The van der Waals surface area contributed by atoms with Crippen LogP contribution in [0.1, 0.15) is 150 Å². The van der Waals surface area contributed by atoms with Crippen LogP contribution in [0.15, 0.2) is 0 Å². The third kappa shape index (κ3) is 4.92. The van der Waals surface area contributed by atoms with E-state index in [4.69, 9.17) is 0 Å². The maximum atomic E-state index is 2.67. The van der Waals surface area contributed by atoms with E-state index >= 15 is 0 Å². The third-order valence-corrected chi connectivity index (χ3v) is 9.94. The highest BCUT2D eigenvalue weighted by atomic mass is 15.0. The van der Waals surface area contributed by atoms with E-state index in [1.165, 1.54) is 121 Å². The highest BCUT2D eigenvalue weighted by Crippen LogP contribution is 2.96. The van der Waals surface area contributed by atoms with E-state index in [0.717, 1.165) is 28.6 Å². The molecule has 0 N–H and O–H groups in total. The summed E-state index contributed by atoms with van der Waals surface area (Å²) in [6.07, 6.45) is 28.3. The van der Waals surface area contributed by atoms with Gasteiger partial charge in [0.05, 0.1) is 0 Å². The van der Waals surface area contributed by atoms with E-state index in [9.17, 15) is 0 Å². The fourth-order valence-electron chi connectivity index (χ4n) is 8.34. The molecule has 3 aliphatic carbocycles. The van der Waals surface area contributed by atoms with Gasteiger partial charge in [-0.1, -0.05) is 137 Å². The zero-order chi connectivity index (χ0) is 20.7. The van der Waals surface area contributed by atoms with Crippen molar-refractivity contribution >= 4 is 0 Å². The Morgan fingerprint density at radius 3 is 1.59 bits per heavy atom. The smallest absolute Gasteiger partial charge is 0.0176 e. The fraction of sp³-hybridized carbons (Fsp3) is 1.00. The molecule has 3 rings (SSSR count). The average Bonchev–Trinajstić information content (AvgIpc) is 3.55.